The van der Waals surface area contributed by atoms with Gasteiger partial charge in [-0.25, -0.2) is 4.39 Å². The third kappa shape index (κ3) is 3.70. The van der Waals surface area contributed by atoms with Crippen LogP contribution in [0.2, 0.25) is 0 Å². The average Bonchev–Trinajstić information content (AvgIpc) is 2.44. The molecule has 0 heterocycles. The first kappa shape index (κ1) is 16.4. The summed E-state index contributed by atoms with van der Waals surface area (Å²) in [6, 6.07) is 4.30. The Bertz CT molecular complexity index is 458. The molecule has 5 heteroatoms. The Morgan fingerprint density at radius 3 is 2.55 bits per heavy atom. The highest BCUT2D eigenvalue weighted by Gasteiger charge is 2.34. The van der Waals surface area contributed by atoms with Crippen LogP contribution in [0.25, 0.3) is 0 Å². The Balaban J connectivity index is 2.72. The third-order valence-corrected chi connectivity index (χ3v) is 3.83. The van der Waals surface area contributed by atoms with E-state index in [1.165, 1.54) is 19.2 Å². The Labute approximate surface area is 119 Å². The number of nitrogens with one attached hydrogen (secondary N) is 1. The fourth-order valence-electron chi connectivity index (χ4n) is 2.20. The topological polar surface area (TPSA) is 58.6 Å². The molecule has 0 aliphatic carbocycles. The number of carboxylic acid groups (broad SMARTS) is 1. The first-order valence-corrected chi connectivity index (χ1v) is 6.75. The summed E-state index contributed by atoms with van der Waals surface area (Å²) in [6.45, 7) is 4.44. The van der Waals surface area contributed by atoms with Crippen LogP contribution >= 0.6 is 0 Å². The fourth-order valence-corrected chi connectivity index (χ4v) is 2.20. The SMILES string of the molecule is CCC(CC)(CNCc1cc(F)ccc1OC)C(=O)O. The lowest BCUT2D eigenvalue weighted by molar-refractivity contribution is -0.149. The van der Waals surface area contributed by atoms with Crippen LogP contribution < -0.4 is 10.1 Å². The van der Waals surface area contributed by atoms with Crippen molar-refractivity contribution in [2.24, 2.45) is 5.41 Å². The largest absolute Gasteiger partial charge is 0.496 e. The molecule has 0 fully saturated rings. The maximum atomic E-state index is 13.2. The van der Waals surface area contributed by atoms with Gasteiger partial charge in [0.2, 0.25) is 0 Å². The molecule has 4 nitrogen and oxygen atoms in total. The minimum Gasteiger partial charge on any atom is -0.496 e. The number of aliphatic carboxylic acids is 1. The van der Waals surface area contributed by atoms with E-state index in [9.17, 15) is 14.3 Å². The maximum absolute atomic E-state index is 13.2. The third-order valence-electron chi connectivity index (χ3n) is 3.83. The van der Waals surface area contributed by atoms with E-state index in [0.29, 0.717) is 37.2 Å². The van der Waals surface area contributed by atoms with Crippen molar-refractivity contribution in [1.29, 1.82) is 0 Å². The van der Waals surface area contributed by atoms with Gasteiger partial charge < -0.3 is 15.2 Å². The Morgan fingerprint density at radius 1 is 1.40 bits per heavy atom. The van der Waals surface area contributed by atoms with Gasteiger partial charge in [-0.1, -0.05) is 13.8 Å². The van der Waals surface area contributed by atoms with E-state index < -0.39 is 11.4 Å². The summed E-state index contributed by atoms with van der Waals surface area (Å²) in [4.78, 5) is 11.4. The van der Waals surface area contributed by atoms with E-state index in [-0.39, 0.29) is 5.82 Å². The van der Waals surface area contributed by atoms with Crippen LogP contribution in [0.5, 0.6) is 5.75 Å². The number of ether oxygens (including phenoxy) is 1. The van der Waals surface area contributed by atoms with E-state index >= 15 is 0 Å². The van der Waals surface area contributed by atoms with Gasteiger partial charge in [-0.2, -0.15) is 0 Å². The standard InChI is InChI=1S/C15H22FNO3/c1-4-15(5-2,14(18)19)10-17-9-11-8-12(16)6-7-13(11)20-3/h6-8,17H,4-5,9-10H2,1-3H3,(H,18,19). The van der Waals surface area contributed by atoms with Crippen LogP contribution in [0.4, 0.5) is 4.39 Å². The quantitative estimate of drug-likeness (QED) is 0.770. The summed E-state index contributed by atoms with van der Waals surface area (Å²) in [5.41, 5.74) is -0.0976. The average molecular weight is 283 g/mol. The highest BCUT2D eigenvalue weighted by molar-refractivity contribution is 5.74. The molecule has 112 valence electrons. The zero-order valence-corrected chi connectivity index (χ0v) is 12.2. The zero-order chi connectivity index (χ0) is 15.2. The van der Waals surface area contributed by atoms with Crippen molar-refractivity contribution >= 4 is 5.97 Å². The highest BCUT2D eigenvalue weighted by Crippen LogP contribution is 2.26. The van der Waals surface area contributed by atoms with E-state index in [0.717, 1.165) is 0 Å². The number of methoxy groups -OCH3 is 1. The molecule has 1 aromatic rings. The minimum absolute atomic E-state index is 0.335. The molecule has 0 saturated heterocycles. The van der Waals surface area contributed by atoms with Crippen LogP contribution in [0.1, 0.15) is 32.3 Å². The molecule has 2 N–H and O–H groups in total. The molecule has 0 aliphatic rings. The van der Waals surface area contributed by atoms with Crippen LogP contribution in [0, 0.1) is 11.2 Å². The monoisotopic (exact) mass is 283 g/mol. The highest BCUT2D eigenvalue weighted by atomic mass is 19.1. The first-order chi connectivity index (χ1) is 9.49. The Morgan fingerprint density at radius 2 is 2.05 bits per heavy atom. The lowest BCUT2D eigenvalue weighted by Gasteiger charge is -2.27. The predicted octanol–water partition coefficient (Wildman–Crippen LogP) is 2.81. The van der Waals surface area contributed by atoms with Gasteiger partial charge in [0.15, 0.2) is 0 Å². The van der Waals surface area contributed by atoms with Crippen molar-refractivity contribution in [1.82, 2.24) is 5.32 Å². The van der Waals surface area contributed by atoms with Crippen LogP contribution in [-0.4, -0.2) is 24.7 Å². The molecule has 1 aromatic carbocycles. The molecule has 0 saturated carbocycles. The molecule has 0 atom stereocenters. The summed E-state index contributed by atoms with van der Waals surface area (Å²) < 4.78 is 18.4. The van der Waals surface area contributed by atoms with Crippen LogP contribution in [0.3, 0.4) is 0 Å². The molecule has 1 rings (SSSR count). The normalized spacial score (nSPS) is 11.4. The molecule has 0 spiro atoms. The lowest BCUT2D eigenvalue weighted by Crippen LogP contribution is -2.40. The number of carboxylic acids is 1. The maximum Gasteiger partial charge on any atom is 0.310 e. The summed E-state index contributed by atoms with van der Waals surface area (Å²) in [7, 11) is 1.52. The van der Waals surface area contributed by atoms with Crippen molar-refractivity contribution in [3.63, 3.8) is 0 Å². The first-order valence-electron chi connectivity index (χ1n) is 6.75. The fraction of sp³-hybridized carbons (Fsp3) is 0.533. The Kier molecular flexibility index (Phi) is 5.95. The Hall–Kier alpha value is -1.62. The van der Waals surface area contributed by atoms with Crippen LogP contribution in [-0.2, 0) is 11.3 Å². The number of halogens is 1. The van der Waals surface area contributed by atoms with Gasteiger partial charge in [-0.15, -0.1) is 0 Å². The number of hydrogen-bond acceptors (Lipinski definition) is 3. The molecule has 0 aromatic heterocycles. The van der Waals surface area contributed by atoms with Crippen molar-refractivity contribution < 1.29 is 19.0 Å². The molecule has 0 amide bonds. The lowest BCUT2D eigenvalue weighted by atomic mass is 9.82. The minimum atomic E-state index is -0.804. The second-order valence-corrected chi connectivity index (χ2v) is 4.85. The van der Waals surface area contributed by atoms with Crippen molar-refractivity contribution in [2.75, 3.05) is 13.7 Å². The second kappa shape index (κ2) is 7.24. The van der Waals surface area contributed by atoms with Crippen molar-refractivity contribution in [3.8, 4) is 5.75 Å². The number of hydrogen-bond donors (Lipinski definition) is 2. The second-order valence-electron chi connectivity index (χ2n) is 4.85. The molecule has 0 unspecified atom stereocenters. The number of carbonyl (C=O) groups is 1. The van der Waals surface area contributed by atoms with E-state index in [1.54, 1.807) is 6.07 Å². The number of rotatable bonds is 8. The van der Waals surface area contributed by atoms with Crippen molar-refractivity contribution in [3.05, 3.63) is 29.6 Å². The molecule has 20 heavy (non-hydrogen) atoms. The predicted molar refractivity (Wildman–Crippen MR) is 75.3 cm³/mol. The molecule has 0 aliphatic heterocycles. The summed E-state index contributed by atoms with van der Waals surface area (Å²) in [6.07, 6.45) is 1.10. The van der Waals surface area contributed by atoms with Crippen molar-refractivity contribution in [2.45, 2.75) is 33.2 Å². The summed E-state index contributed by atoms with van der Waals surface area (Å²) in [5.74, 6) is -0.549. The smallest absolute Gasteiger partial charge is 0.310 e. The zero-order valence-electron chi connectivity index (χ0n) is 12.2. The van der Waals surface area contributed by atoms with E-state index in [2.05, 4.69) is 5.32 Å². The molecule has 0 bridgehead atoms. The van der Waals surface area contributed by atoms with Gasteiger partial charge >= 0.3 is 5.97 Å². The van der Waals surface area contributed by atoms with Gasteiger partial charge in [0.25, 0.3) is 0 Å². The molecular formula is C15H22FNO3. The summed E-state index contributed by atoms with van der Waals surface area (Å²) in [5, 5.41) is 12.4. The summed E-state index contributed by atoms with van der Waals surface area (Å²) >= 11 is 0. The van der Waals surface area contributed by atoms with Gasteiger partial charge in [0.05, 0.1) is 12.5 Å². The number of benzene rings is 1. The van der Waals surface area contributed by atoms with Crippen LogP contribution in [0.15, 0.2) is 18.2 Å². The van der Waals surface area contributed by atoms with Gasteiger partial charge in [-0.3, -0.25) is 4.79 Å². The van der Waals surface area contributed by atoms with E-state index in [4.69, 9.17) is 4.74 Å². The van der Waals surface area contributed by atoms with Gasteiger partial charge in [-0.05, 0) is 31.0 Å². The van der Waals surface area contributed by atoms with Gasteiger partial charge in [0.1, 0.15) is 11.6 Å². The van der Waals surface area contributed by atoms with E-state index in [1.807, 2.05) is 13.8 Å². The molecular weight excluding hydrogens is 261 g/mol. The van der Waals surface area contributed by atoms with Gasteiger partial charge in [0, 0.05) is 18.7 Å². The molecule has 0 radical (unpaired) electrons.